The van der Waals surface area contributed by atoms with Crippen LogP contribution >= 0.6 is 11.6 Å². The lowest BCUT2D eigenvalue weighted by atomic mass is 9.97. The van der Waals surface area contributed by atoms with E-state index in [0.717, 1.165) is 22.9 Å². The van der Waals surface area contributed by atoms with E-state index in [9.17, 15) is 4.79 Å². The Labute approximate surface area is 203 Å². The van der Waals surface area contributed by atoms with Crippen molar-refractivity contribution in [3.05, 3.63) is 90.1 Å². The number of aromatic nitrogens is 1. The number of anilines is 1. The summed E-state index contributed by atoms with van der Waals surface area (Å²) in [5.74, 6) is 3.18. The van der Waals surface area contributed by atoms with Gasteiger partial charge in [-0.2, -0.15) is 0 Å². The summed E-state index contributed by atoms with van der Waals surface area (Å²) in [7, 11) is 0. The molecule has 0 bridgehead atoms. The first-order chi connectivity index (χ1) is 16.6. The van der Waals surface area contributed by atoms with Crippen molar-refractivity contribution < 1.29 is 14.3 Å². The van der Waals surface area contributed by atoms with Crippen LogP contribution in [0, 0.1) is 5.92 Å². The molecule has 0 aliphatic carbocycles. The van der Waals surface area contributed by atoms with E-state index in [1.54, 1.807) is 23.2 Å². The zero-order chi connectivity index (χ0) is 23.3. The Morgan fingerprint density at radius 2 is 1.76 bits per heavy atom. The number of carbonyl (C=O) groups is 1. The van der Waals surface area contributed by atoms with Crippen molar-refractivity contribution in [3.63, 3.8) is 0 Å². The summed E-state index contributed by atoms with van der Waals surface area (Å²) in [4.78, 5) is 18.7. The predicted octanol–water partition coefficient (Wildman–Crippen LogP) is 6.61. The van der Waals surface area contributed by atoms with Crippen LogP contribution in [-0.4, -0.2) is 35.6 Å². The van der Waals surface area contributed by atoms with Crippen LogP contribution in [0.2, 0.25) is 5.02 Å². The Hall–Kier alpha value is -3.77. The average molecular weight is 474 g/mol. The minimum atomic E-state index is -0.118. The number of fused-ring (bicyclic) bond motifs is 1. The lowest BCUT2D eigenvalue weighted by Crippen LogP contribution is -2.52. The molecule has 1 aliphatic heterocycles. The fraction of sp³-hybridized carbons (Fsp3) is 0.185. The molecule has 1 N–H and O–H groups in total. The van der Waals surface area contributed by atoms with Crippen LogP contribution in [0.1, 0.15) is 6.42 Å². The standard InChI is InChI=1S/C27H24ClN3O3/c28-21-8-10-22(11-9-21)34-24-6-3-5-23(16-24)33-15-13-19-17-31(18-19)27(32)30-26-25-7-2-1-4-20(25)12-14-29-26/h1-12,14,16,19H,13,15,17-18H2,(H,29,30,32). The van der Waals surface area contributed by atoms with Crippen LogP contribution in [0.5, 0.6) is 17.2 Å². The van der Waals surface area contributed by atoms with Gasteiger partial charge in [-0.1, -0.05) is 41.9 Å². The number of urea groups is 1. The summed E-state index contributed by atoms with van der Waals surface area (Å²) >= 11 is 5.92. The molecule has 1 aliphatic rings. The van der Waals surface area contributed by atoms with Crippen molar-refractivity contribution in [2.75, 3.05) is 25.0 Å². The third kappa shape index (κ3) is 5.24. The molecule has 5 rings (SSSR count). The van der Waals surface area contributed by atoms with E-state index in [2.05, 4.69) is 10.3 Å². The first kappa shape index (κ1) is 22.0. The van der Waals surface area contributed by atoms with Gasteiger partial charge in [-0.15, -0.1) is 0 Å². The highest BCUT2D eigenvalue weighted by Crippen LogP contribution is 2.27. The van der Waals surface area contributed by atoms with Gasteiger partial charge in [-0.05, 0) is 60.2 Å². The van der Waals surface area contributed by atoms with Gasteiger partial charge in [0.25, 0.3) is 0 Å². The topological polar surface area (TPSA) is 63.7 Å². The lowest BCUT2D eigenvalue weighted by molar-refractivity contribution is 0.113. The Bertz CT molecular complexity index is 1280. The molecule has 172 valence electrons. The van der Waals surface area contributed by atoms with Gasteiger partial charge in [-0.3, -0.25) is 5.32 Å². The summed E-state index contributed by atoms with van der Waals surface area (Å²) in [5.41, 5.74) is 0. The van der Waals surface area contributed by atoms with Crippen molar-refractivity contribution in [1.82, 2.24) is 9.88 Å². The van der Waals surface area contributed by atoms with E-state index in [1.165, 1.54) is 0 Å². The highest BCUT2D eigenvalue weighted by Gasteiger charge is 2.30. The van der Waals surface area contributed by atoms with Crippen molar-refractivity contribution in [1.29, 1.82) is 0 Å². The van der Waals surface area contributed by atoms with E-state index in [1.807, 2.05) is 66.7 Å². The van der Waals surface area contributed by atoms with Crippen LogP contribution in [-0.2, 0) is 0 Å². The number of likely N-dealkylation sites (tertiary alicyclic amines) is 1. The maximum absolute atomic E-state index is 12.6. The monoisotopic (exact) mass is 473 g/mol. The van der Waals surface area contributed by atoms with Crippen LogP contribution in [0.3, 0.4) is 0 Å². The molecule has 6 nitrogen and oxygen atoms in total. The number of nitrogens with one attached hydrogen (secondary N) is 1. The van der Waals surface area contributed by atoms with Gasteiger partial charge >= 0.3 is 6.03 Å². The molecule has 0 saturated carbocycles. The van der Waals surface area contributed by atoms with Gasteiger partial charge in [0.2, 0.25) is 0 Å². The number of carbonyl (C=O) groups excluding carboxylic acids is 1. The molecule has 4 aromatic rings. The van der Waals surface area contributed by atoms with Crippen LogP contribution in [0.25, 0.3) is 10.8 Å². The molecule has 1 saturated heterocycles. The average Bonchev–Trinajstić information content (AvgIpc) is 2.82. The van der Waals surface area contributed by atoms with Crippen LogP contribution in [0.4, 0.5) is 10.6 Å². The Balaban J connectivity index is 1.07. The Morgan fingerprint density at radius 1 is 0.971 bits per heavy atom. The van der Waals surface area contributed by atoms with Crippen molar-refractivity contribution in [2.24, 2.45) is 5.92 Å². The molecular formula is C27H24ClN3O3. The first-order valence-corrected chi connectivity index (χ1v) is 11.6. The van der Waals surface area contributed by atoms with Crippen molar-refractivity contribution in [2.45, 2.75) is 6.42 Å². The highest BCUT2D eigenvalue weighted by atomic mass is 35.5. The lowest BCUT2D eigenvalue weighted by Gasteiger charge is -2.39. The quantitative estimate of drug-likeness (QED) is 0.328. The number of pyridine rings is 1. The first-order valence-electron chi connectivity index (χ1n) is 11.2. The van der Waals surface area contributed by atoms with Gasteiger partial charge in [0.1, 0.15) is 23.1 Å². The molecule has 0 radical (unpaired) electrons. The minimum Gasteiger partial charge on any atom is -0.493 e. The number of hydrogen-bond acceptors (Lipinski definition) is 4. The number of rotatable bonds is 7. The largest absolute Gasteiger partial charge is 0.493 e. The third-order valence-electron chi connectivity index (χ3n) is 5.79. The number of amides is 2. The van der Waals surface area contributed by atoms with Gasteiger partial charge in [0.15, 0.2) is 0 Å². The molecular weight excluding hydrogens is 450 g/mol. The smallest absolute Gasteiger partial charge is 0.323 e. The molecule has 7 heteroatoms. The minimum absolute atomic E-state index is 0.118. The summed E-state index contributed by atoms with van der Waals surface area (Å²) in [6.45, 7) is 1.99. The fourth-order valence-corrected chi connectivity index (χ4v) is 4.05. The summed E-state index contributed by atoms with van der Waals surface area (Å²) < 4.78 is 11.8. The van der Waals surface area contributed by atoms with Crippen LogP contribution < -0.4 is 14.8 Å². The molecule has 2 amide bonds. The summed E-state index contributed by atoms with van der Waals surface area (Å²) in [5, 5.41) is 5.60. The summed E-state index contributed by atoms with van der Waals surface area (Å²) in [6, 6.07) is 24.5. The van der Waals surface area contributed by atoms with E-state index < -0.39 is 0 Å². The molecule has 2 heterocycles. The molecule has 1 fully saturated rings. The summed E-state index contributed by atoms with van der Waals surface area (Å²) in [6.07, 6.45) is 2.59. The third-order valence-corrected chi connectivity index (χ3v) is 6.05. The number of benzene rings is 3. The van der Waals surface area contributed by atoms with Crippen LogP contribution in [0.15, 0.2) is 85.1 Å². The van der Waals surface area contributed by atoms with E-state index >= 15 is 0 Å². The molecule has 34 heavy (non-hydrogen) atoms. The SMILES string of the molecule is O=C(Nc1nccc2ccccc12)N1CC(CCOc2cccc(Oc3ccc(Cl)cc3)c2)C1. The second-order valence-electron chi connectivity index (χ2n) is 8.25. The van der Waals surface area contributed by atoms with Crippen molar-refractivity contribution in [3.8, 4) is 17.2 Å². The van der Waals surface area contributed by atoms with E-state index in [4.69, 9.17) is 21.1 Å². The molecule has 0 atom stereocenters. The fourth-order valence-electron chi connectivity index (χ4n) is 3.93. The second kappa shape index (κ2) is 10.0. The molecule has 3 aromatic carbocycles. The normalized spacial score (nSPS) is 13.4. The Kier molecular flexibility index (Phi) is 6.49. The number of hydrogen-bond donors (Lipinski definition) is 1. The zero-order valence-corrected chi connectivity index (χ0v) is 19.2. The maximum atomic E-state index is 12.6. The zero-order valence-electron chi connectivity index (χ0n) is 18.5. The van der Waals surface area contributed by atoms with E-state index in [-0.39, 0.29) is 6.03 Å². The van der Waals surface area contributed by atoms with Gasteiger partial charge in [0, 0.05) is 35.8 Å². The maximum Gasteiger partial charge on any atom is 0.323 e. The van der Waals surface area contributed by atoms with Gasteiger partial charge < -0.3 is 14.4 Å². The second-order valence-corrected chi connectivity index (χ2v) is 8.69. The molecule has 0 spiro atoms. The van der Waals surface area contributed by atoms with E-state index in [0.29, 0.717) is 48.0 Å². The number of ether oxygens (including phenoxy) is 2. The highest BCUT2D eigenvalue weighted by molar-refractivity contribution is 6.30. The van der Waals surface area contributed by atoms with Gasteiger partial charge in [-0.25, -0.2) is 9.78 Å². The van der Waals surface area contributed by atoms with Crippen molar-refractivity contribution >= 4 is 34.2 Å². The van der Waals surface area contributed by atoms with Gasteiger partial charge in [0.05, 0.1) is 6.61 Å². The predicted molar refractivity (Wildman–Crippen MR) is 134 cm³/mol. The Morgan fingerprint density at radius 3 is 2.62 bits per heavy atom. The number of halogens is 1. The number of nitrogens with zero attached hydrogens (tertiary/aromatic N) is 2. The molecule has 1 aromatic heterocycles. The molecule has 0 unspecified atom stereocenters.